The van der Waals surface area contributed by atoms with Crippen molar-refractivity contribution in [2.24, 2.45) is 0 Å². The lowest BCUT2D eigenvalue weighted by Gasteiger charge is -2.09. The van der Waals surface area contributed by atoms with Crippen LogP contribution < -0.4 is 10.6 Å². The lowest BCUT2D eigenvalue weighted by atomic mass is 10.1. The minimum absolute atomic E-state index is 0.371. The van der Waals surface area contributed by atoms with Crippen molar-refractivity contribution in [3.63, 3.8) is 0 Å². The zero-order valence-corrected chi connectivity index (χ0v) is 13.9. The number of carbonyl (C=O) groups excluding carboxylic acids is 1. The number of anilines is 2. The fraction of sp³-hybridized carbons (Fsp3) is 0. The maximum Gasteiger partial charge on any atom is 0.324 e. The fourth-order valence-corrected chi connectivity index (χ4v) is 2.62. The van der Waals surface area contributed by atoms with Crippen LogP contribution in [0.25, 0.3) is 17.0 Å². The zero-order valence-electron chi connectivity index (χ0n) is 13.9. The Morgan fingerprint density at radius 2 is 1.59 bits per heavy atom. The van der Waals surface area contributed by atoms with E-state index in [0.29, 0.717) is 28.5 Å². The average Bonchev–Trinajstić information content (AvgIpc) is 3.03. The van der Waals surface area contributed by atoms with Crippen LogP contribution in [-0.2, 0) is 0 Å². The van der Waals surface area contributed by atoms with E-state index in [2.05, 4.69) is 20.6 Å². The molecule has 0 aliphatic carbocycles. The molecule has 0 unspecified atom stereocenters. The predicted molar refractivity (Wildman–Crippen MR) is 97.4 cm³/mol. The standard InChI is InChI=1S/C19H13F2N5O/c20-13-4-2-12(3-5-13)16-17(26-11-1-10-22-18(26)24-16)25-19(27)23-15-8-6-14(21)7-9-15/h1-11H,(H2,23,25,27). The number of hydrogen-bond acceptors (Lipinski definition) is 3. The number of nitrogens with zero attached hydrogens (tertiary/aromatic N) is 3. The van der Waals surface area contributed by atoms with Gasteiger partial charge in [0.1, 0.15) is 23.1 Å². The van der Waals surface area contributed by atoms with Gasteiger partial charge < -0.3 is 5.32 Å². The third kappa shape index (κ3) is 3.45. The summed E-state index contributed by atoms with van der Waals surface area (Å²) in [4.78, 5) is 21.0. The van der Waals surface area contributed by atoms with Crippen LogP contribution in [0, 0.1) is 11.6 Å². The Hall–Kier alpha value is -3.81. The van der Waals surface area contributed by atoms with Gasteiger partial charge in [-0.1, -0.05) is 0 Å². The number of hydrogen-bond donors (Lipinski definition) is 2. The van der Waals surface area contributed by atoms with E-state index in [4.69, 9.17) is 0 Å². The molecule has 0 spiro atoms. The highest BCUT2D eigenvalue weighted by Crippen LogP contribution is 2.28. The smallest absolute Gasteiger partial charge is 0.308 e. The lowest BCUT2D eigenvalue weighted by Crippen LogP contribution is -2.20. The summed E-state index contributed by atoms with van der Waals surface area (Å²) in [5.41, 5.74) is 1.51. The highest BCUT2D eigenvalue weighted by molar-refractivity contribution is 6.01. The maximum atomic E-state index is 13.2. The Labute approximate surface area is 152 Å². The molecule has 4 rings (SSSR count). The van der Waals surface area contributed by atoms with Crippen LogP contribution in [0.4, 0.5) is 25.1 Å². The number of rotatable bonds is 3. The Kier molecular flexibility index (Phi) is 4.21. The third-order valence-corrected chi connectivity index (χ3v) is 3.86. The van der Waals surface area contributed by atoms with Crippen molar-refractivity contribution in [1.82, 2.24) is 14.4 Å². The second kappa shape index (κ2) is 6.83. The van der Waals surface area contributed by atoms with Gasteiger partial charge in [-0.15, -0.1) is 0 Å². The normalized spacial score (nSPS) is 10.7. The third-order valence-electron chi connectivity index (χ3n) is 3.86. The Morgan fingerprint density at radius 1 is 0.926 bits per heavy atom. The summed E-state index contributed by atoms with van der Waals surface area (Å²) in [6.45, 7) is 0. The van der Waals surface area contributed by atoms with Gasteiger partial charge >= 0.3 is 6.03 Å². The Balaban J connectivity index is 1.69. The SMILES string of the molecule is O=C(Nc1ccc(F)cc1)Nc1c(-c2ccc(F)cc2)nc2ncccn12. The van der Waals surface area contributed by atoms with Gasteiger partial charge in [-0.25, -0.2) is 23.5 Å². The number of amides is 2. The molecule has 0 fully saturated rings. The van der Waals surface area contributed by atoms with Crippen LogP contribution in [0.1, 0.15) is 0 Å². The molecule has 0 aliphatic heterocycles. The quantitative estimate of drug-likeness (QED) is 0.568. The maximum absolute atomic E-state index is 13.2. The van der Waals surface area contributed by atoms with Gasteiger partial charge in [0.05, 0.1) is 0 Å². The zero-order chi connectivity index (χ0) is 18.8. The van der Waals surface area contributed by atoms with E-state index in [1.54, 1.807) is 35.0 Å². The molecular weight excluding hydrogens is 352 g/mol. The first-order valence-electron chi connectivity index (χ1n) is 8.03. The number of fused-ring (bicyclic) bond motifs is 1. The minimum Gasteiger partial charge on any atom is -0.308 e. The molecule has 0 bridgehead atoms. The second-order valence-corrected chi connectivity index (χ2v) is 5.69. The van der Waals surface area contributed by atoms with E-state index in [1.165, 1.54) is 36.4 Å². The van der Waals surface area contributed by atoms with Crippen molar-refractivity contribution < 1.29 is 13.6 Å². The van der Waals surface area contributed by atoms with Crippen LogP contribution in [0.15, 0.2) is 67.0 Å². The molecule has 2 N–H and O–H groups in total. The molecule has 0 atom stereocenters. The molecular formula is C19H13F2N5O. The van der Waals surface area contributed by atoms with Gasteiger partial charge in [0.15, 0.2) is 0 Å². The van der Waals surface area contributed by atoms with E-state index >= 15 is 0 Å². The first-order chi connectivity index (χ1) is 13.1. The molecule has 2 aromatic heterocycles. The summed E-state index contributed by atoms with van der Waals surface area (Å²) in [7, 11) is 0. The predicted octanol–water partition coefficient (Wildman–Crippen LogP) is 4.32. The highest BCUT2D eigenvalue weighted by Gasteiger charge is 2.17. The minimum atomic E-state index is -0.532. The van der Waals surface area contributed by atoms with Crippen molar-refractivity contribution in [3.8, 4) is 11.3 Å². The lowest BCUT2D eigenvalue weighted by molar-refractivity contribution is 0.262. The molecule has 0 radical (unpaired) electrons. The first-order valence-corrected chi connectivity index (χ1v) is 8.03. The van der Waals surface area contributed by atoms with E-state index in [1.807, 2.05) is 0 Å². The van der Waals surface area contributed by atoms with Gasteiger partial charge in [-0.2, -0.15) is 0 Å². The Bertz CT molecular complexity index is 1110. The molecule has 27 heavy (non-hydrogen) atoms. The molecule has 0 saturated heterocycles. The van der Waals surface area contributed by atoms with Crippen LogP contribution in [0.5, 0.6) is 0 Å². The summed E-state index contributed by atoms with van der Waals surface area (Å²) in [6.07, 6.45) is 3.29. The van der Waals surface area contributed by atoms with Gasteiger partial charge in [0.25, 0.3) is 0 Å². The highest BCUT2D eigenvalue weighted by atomic mass is 19.1. The van der Waals surface area contributed by atoms with E-state index in [0.717, 1.165) is 0 Å². The molecule has 8 heteroatoms. The van der Waals surface area contributed by atoms with Crippen LogP contribution in [0.3, 0.4) is 0 Å². The van der Waals surface area contributed by atoms with Crippen LogP contribution in [0.2, 0.25) is 0 Å². The molecule has 134 valence electrons. The fourth-order valence-electron chi connectivity index (χ4n) is 2.62. The Morgan fingerprint density at radius 3 is 2.30 bits per heavy atom. The molecule has 2 aromatic carbocycles. The molecule has 2 amide bonds. The number of aromatic nitrogens is 3. The monoisotopic (exact) mass is 365 g/mol. The summed E-state index contributed by atoms with van der Waals surface area (Å²) >= 11 is 0. The molecule has 0 aliphatic rings. The number of nitrogens with one attached hydrogen (secondary N) is 2. The van der Waals surface area contributed by atoms with Crippen LogP contribution >= 0.6 is 0 Å². The summed E-state index contributed by atoms with van der Waals surface area (Å²) < 4.78 is 27.9. The van der Waals surface area contributed by atoms with E-state index in [9.17, 15) is 13.6 Å². The number of carbonyl (C=O) groups is 1. The van der Waals surface area contributed by atoms with Crippen LogP contribution in [-0.4, -0.2) is 20.4 Å². The van der Waals surface area contributed by atoms with Crippen molar-refractivity contribution in [3.05, 3.63) is 78.6 Å². The summed E-state index contributed by atoms with van der Waals surface area (Å²) in [5, 5.41) is 5.35. The van der Waals surface area contributed by atoms with Gasteiger partial charge in [-0.3, -0.25) is 9.72 Å². The van der Waals surface area contributed by atoms with Gasteiger partial charge in [0.2, 0.25) is 5.78 Å². The number of urea groups is 1. The van der Waals surface area contributed by atoms with Crippen molar-refractivity contribution in [1.29, 1.82) is 0 Å². The number of halogens is 2. The molecule has 6 nitrogen and oxygen atoms in total. The molecule has 4 aromatic rings. The summed E-state index contributed by atoms with van der Waals surface area (Å²) in [5.74, 6) is -0.00478. The first kappa shape index (κ1) is 16.6. The van der Waals surface area contributed by atoms with E-state index in [-0.39, 0.29) is 5.82 Å². The number of imidazole rings is 1. The van der Waals surface area contributed by atoms with Crippen molar-refractivity contribution >= 4 is 23.3 Å². The van der Waals surface area contributed by atoms with Gasteiger partial charge in [-0.05, 0) is 54.6 Å². The van der Waals surface area contributed by atoms with E-state index < -0.39 is 11.8 Å². The second-order valence-electron chi connectivity index (χ2n) is 5.69. The topological polar surface area (TPSA) is 71.3 Å². The van der Waals surface area contributed by atoms with Gasteiger partial charge in [0, 0.05) is 23.6 Å². The van der Waals surface area contributed by atoms with Crippen molar-refractivity contribution in [2.45, 2.75) is 0 Å². The molecule has 2 heterocycles. The number of benzene rings is 2. The summed E-state index contributed by atoms with van der Waals surface area (Å²) in [6, 6.07) is 12.3. The average molecular weight is 365 g/mol. The van der Waals surface area contributed by atoms with Crippen molar-refractivity contribution in [2.75, 3.05) is 10.6 Å². The largest absolute Gasteiger partial charge is 0.324 e. The molecule has 0 saturated carbocycles.